The zero-order valence-electron chi connectivity index (χ0n) is 16.9. The van der Waals surface area contributed by atoms with E-state index in [9.17, 15) is 0 Å². The molecule has 0 amide bonds. The van der Waals surface area contributed by atoms with Crippen LogP contribution in [0, 0.1) is 13.8 Å². The average Bonchev–Trinajstić information content (AvgIpc) is 2.68. The SMILES string of the molecule is CC/C(=N\OC)c1cc(C)nc(Oc2c(OC)cc(OC)cc2OC)c1C. The third-order valence-corrected chi connectivity index (χ3v) is 4.07. The van der Waals surface area contributed by atoms with E-state index in [1.54, 1.807) is 33.5 Å². The highest BCUT2D eigenvalue weighted by molar-refractivity contribution is 6.01. The van der Waals surface area contributed by atoms with E-state index >= 15 is 0 Å². The molecule has 0 aliphatic heterocycles. The minimum atomic E-state index is 0.426. The maximum Gasteiger partial charge on any atom is 0.223 e. The Morgan fingerprint density at radius 3 is 2.07 bits per heavy atom. The van der Waals surface area contributed by atoms with Crippen LogP contribution in [0.5, 0.6) is 28.9 Å². The lowest BCUT2D eigenvalue weighted by molar-refractivity contribution is 0.213. The molecule has 0 aliphatic carbocycles. The van der Waals surface area contributed by atoms with Crippen molar-refractivity contribution in [2.45, 2.75) is 27.2 Å². The molecule has 27 heavy (non-hydrogen) atoms. The molecule has 2 rings (SSSR count). The van der Waals surface area contributed by atoms with Crippen molar-refractivity contribution in [2.24, 2.45) is 5.16 Å². The number of aryl methyl sites for hydroxylation is 1. The van der Waals surface area contributed by atoms with Gasteiger partial charge in [0.05, 0.1) is 27.0 Å². The highest BCUT2D eigenvalue weighted by atomic mass is 16.6. The van der Waals surface area contributed by atoms with Gasteiger partial charge in [-0.2, -0.15) is 0 Å². The number of hydrogen-bond acceptors (Lipinski definition) is 7. The number of pyridine rings is 1. The van der Waals surface area contributed by atoms with Gasteiger partial charge in [-0.05, 0) is 26.3 Å². The Bertz CT molecular complexity index is 808. The Labute approximate surface area is 159 Å². The molecule has 1 aromatic heterocycles. The predicted octanol–water partition coefficient (Wildman–Crippen LogP) is 4.28. The minimum Gasteiger partial charge on any atom is -0.496 e. The van der Waals surface area contributed by atoms with Gasteiger partial charge >= 0.3 is 0 Å². The van der Waals surface area contributed by atoms with Crippen LogP contribution in [0.2, 0.25) is 0 Å². The Balaban J connectivity index is 2.58. The molecule has 0 atom stereocenters. The quantitative estimate of drug-likeness (QED) is 0.507. The van der Waals surface area contributed by atoms with Crippen LogP contribution in [-0.2, 0) is 4.84 Å². The largest absolute Gasteiger partial charge is 0.496 e. The molecule has 0 spiro atoms. The van der Waals surface area contributed by atoms with Crippen LogP contribution < -0.4 is 18.9 Å². The number of aromatic nitrogens is 1. The zero-order chi connectivity index (χ0) is 20.0. The van der Waals surface area contributed by atoms with Crippen LogP contribution in [-0.4, -0.2) is 39.1 Å². The van der Waals surface area contributed by atoms with E-state index in [0.717, 1.165) is 22.5 Å². The Kier molecular flexibility index (Phi) is 6.87. The van der Waals surface area contributed by atoms with E-state index in [4.69, 9.17) is 23.8 Å². The molecular weight excluding hydrogens is 348 g/mol. The molecule has 2 aromatic rings. The van der Waals surface area contributed by atoms with Gasteiger partial charge in [0.25, 0.3) is 0 Å². The molecule has 0 saturated heterocycles. The van der Waals surface area contributed by atoms with E-state index in [2.05, 4.69) is 10.1 Å². The van der Waals surface area contributed by atoms with Crippen molar-refractivity contribution in [1.29, 1.82) is 0 Å². The Morgan fingerprint density at radius 2 is 1.59 bits per heavy atom. The number of ether oxygens (including phenoxy) is 4. The van der Waals surface area contributed by atoms with E-state index in [-0.39, 0.29) is 0 Å². The van der Waals surface area contributed by atoms with Gasteiger partial charge < -0.3 is 23.8 Å². The topological polar surface area (TPSA) is 71.4 Å². The molecule has 0 N–H and O–H groups in total. The highest BCUT2D eigenvalue weighted by Crippen LogP contribution is 2.43. The second-order valence-electron chi connectivity index (χ2n) is 5.78. The number of benzene rings is 1. The molecule has 7 nitrogen and oxygen atoms in total. The molecule has 1 heterocycles. The lowest BCUT2D eigenvalue weighted by atomic mass is 10.0. The van der Waals surface area contributed by atoms with Crippen molar-refractivity contribution >= 4 is 5.71 Å². The maximum atomic E-state index is 6.13. The summed E-state index contributed by atoms with van der Waals surface area (Å²) in [6.45, 7) is 5.85. The van der Waals surface area contributed by atoms with Gasteiger partial charge in [0.2, 0.25) is 11.6 Å². The lowest BCUT2D eigenvalue weighted by Gasteiger charge is -2.17. The Morgan fingerprint density at radius 1 is 0.963 bits per heavy atom. The summed E-state index contributed by atoms with van der Waals surface area (Å²) in [6.07, 6.45) is 0.715. The molecule has 0 fully saturated rings. The van der Waals surface area contributed by atoms with Gasteiger partial charge in [0, 0.05) is 29.0 Å². The van der Waals surface area contributed by atoms with Gasteiger partial charge in [0.1, 0.15) is 12.9 Å². The predicted molar refractivity (Wildman–Crippen MR) is 104 cm³/mol. The zero-order valence-corrected chi connectivity index (χ0v) is 16.9. The van der Waals surface area contributed by atoms with Gasteiger partial charge in [-0.1, -0.05) is 12.1 Å². The first-order valence-corrected chi connectivity index (χ1v) is 8.55. The van der Waals surface area contributed by atoms with Crippen LogP contribution in [0.3, 0.4) is 0 Å². The molecule has 0 aliphatic rings. The molecule has 0 saturated carbocycles. The number of rotatable bonds is 8. The first-order valence-electron chi connectivity index (χ1n) is 8.55. The van der Waals surface area contributed by atoms with E-state index in [1.807, 2.05) is 26.8 Å². The van der Waals surface area contributed by atoms with Gasteiger partial charge in [-0.25, -0.2) is 4.98 Å². The van der Waals surface area contributed by atoms with Crippen LogP contribution >= 0.6 is 0 Å². The van der Waals surface area contributed by atoms with Crippen LogP contribution in [0.15, 0.2) is 23.4 Å². The number of oxime groups is 1. The van der Waals surface area contributed by atoms with Crippen molar-refractivity contribution in [3.8, 4) is 28.9 Å². The van der Waals surface area contributed by atoms with Crippen LogP contribution in [0.4, 0.5) is 0 Å². The third kappa shape index (κ3) is 4.42. The first kappa shape index (κ1) is 20.4. The number of nitrogens with zero attached hydrogens (tertiary/aromatic N) is 2. The summed E-state index contributed by atoms with van der Waals surface area (Å²) in [5.41, 5.74) is 3.39. The van der Waals surface area contributed by atoms with Crippen LogP contribution in [0.25, 0.3) is 0 Å². The monoisotopic (exact) mass is 374 g/mol. The minimum absolute atomic E-state index is 0.426. The average molecular weight is 374 g/mol. The van der Waals surface area contributed by atoms with Gasteiger partial charge in [-0.15, -0.1) is 0 Å². The van der Waals surface area contributed by atoms with Crippen molar-refractivity contribution in [3.63, 3.8) is 0 Å². The van der Waals surface area contributed by atoms with Gasteiger partial charge in [0.15, 0.2) is 11.5 Å². The second-order valence-corrected chi connectivity index (χ2v) is 5.78. The molecule has 146 valence electrons. The van der Waals surface area contributed by atoms with Crippen molar-refractivity contribution in [3.05, 3.63) is 35.0 Å². The second kappa shape index (κ2) is 9.12. The fraction of sp³-hybridized carbons (Fsp3) is 0.400. The summed E-state index contributed by atoms with van der Waals surface area (Å²) in [4.78, 5) is 9.51. The summed E-state index contributed by atoms with van der Waals surface area (Å²) >= 11 is 0. The Hall–Kier alpha value is -2.96. The number of hydrogen-bond donors (Lipinski definition) is 0. The normalized spacial score (nSPS) is 11.1. The number of methoxy groups -OCH3 is 3. The molecule has 1 aromatic carbocycles. The third-order valence-electron chi connectivity index (χ3n) is 4.07. The smallest absolute Gasteiger partial charge is 0.223 e. The van der Waals surface area contributed by atoms with E-state index in [0.29, 0.717) is 35.3 Å². The molecule has 0 bridgehead atoms. The summed E-state index contributed by atoms with van der Waals surface area (Å²) in [5.74, 6) is 2.44. The fourth-order valence-electron chi connectivity index (χ4n) is 2.69. The van der Waals surface area contributed by atoms with Gasteiger partial charge in [-0.3, -0.25) is 0 Å². The summed E-state index contributed by atoms with van der Waals surface area (Å²) < 4.78 is 22.3. The maximum absolute atomic E-state index is 6.13. The van der Waals surface area contributed by atoms with Crippen LogP contribution in [0.1, 0.15) is 30.2 Å². The van der Waals surface area contributed by atoms with E-state index in [1.165, 1.54) is 7.11 Å². The van der Waals surface area contributed by atoms with Crippen molar-refractivity contribution < 1.29 is 23.8 Å². The molecule has 7 heteroatoms. The van der Waals surface area contributed by atoms with Crippen molar-refractivity contribution in [2.75, 3.05) is 28.4 Å². The fourth-order valence-corrected chi connectivity index (χ4v) is 2.69. The first-order chi connectivity index (χ1) is 13.0. The molecule has 0 radical (unpaired) electrons. The molecular formula is C20H26N2O5. The standard InChI is InChI=1S/C20H26N2O5/c1-8-16(22-26-7)15-9-12(2)21-20(13(15)3)27-19-17(24-5)10-14(23-4)11-18(19)25-6/h9-11H,8H2,1-7H3/b22-16+. The highest BCUT2D eigenvalue weighted by Gasteiger charge is 2.20. The van der Waals surface area contributed by atoms with E-state index < -0.39 is 0 Å². The summed E-state index contributed by atoms with van der Waals surface area (Å²) in [6, 6.07) is 5.42. The summed E-state index contributed by atoms with van der Waals surface area (Å²) in [5, 5.41) is 4.12. The lowest BCUT2D eigenvalue weighted by Crippen LogP contribution is -2.07. The summed E-state index contributed by atoms with van der Waals surface area (Å²) in [7, 11) is 6.23. The molecule has 0 unspecified atom stereocenters. The van der Waals surface area contributed by atoms with Crippen molar-refractivity contribution in [1.82, 2.24) is 4.98 Å².